The Bertz CT molecular complexity index is 244. The van der Waals surface area contributed by atoms with E-state index in [-0.39, 0.29) is 36.7 Å². The van der Waals surface area contributed by atoms with Gasteiger partial charge in [0, 0.05) is 21.1 Å². The molecule has 0 aliphatic heterocycles. The normalized spacial score (nSPS) is 11.7. The molecular weight excluding hydrogens is 230 g/mol. The Morgan fingerprint density at radius 3 is 1.94 bits per heavy atom. The zero-order valence-corrected chi connectivity index (χ0v) is 11.4. The van der Waals surface area contributed by atoms with Gasteiger partial charge in [-0.05, 0) is 5.92 Å². The highest BCUT2D eigenvalue weighted by Crippen LogP contribution is 2.02. The quantitative estimate of drug-likeness (QED) is 0.761. The second-order valence-electron chi connectivity index (χ2n) is 4.25. The summed E-state index contributed by atoms with van der Waals surface area (Å²) in [6.45, 7) is 3.83. The summed E-state index contributed by atoms with van der Waals surface area (Å²) in [6, 6.07) is -0.537. The first-order chi connectivity index (χ1) is 6.77. The van der Waals surface area contributed by atoms with E-state index >= 15 is 0 Å². The van der Waals surface area contributed by atoms with Gasteiger partial charge in [0.1, 0.15) is 0 Å². The Kier molecular flexibility index (Phi) is 8.20. The smallest absolute Gasteiger partial charge is 0.241 e. The molecule has 0 saturated carbocycles. The van der Waals surface area contributed by atoms with Crippen molar-refractivity contribution in [1.82, 2.24) is 9.80 Å². The molecule has 16 heavy (non-hydrogen) atoms. The van der Waals surface area contributed by atoms with Crippen molar-refractivity contribution in [2.75, 3.05) is 27.7 Å². The van der Waals surface area contributed by atoms with Gasteiger partial charge < -0.3 is 15.5 Å². The largest absolute Gasteiger partial charge is 0.347 e. The van der Waals surface area contributed by atoms with Crippen molar-refractivity contribution in [2.45, 2.75) is 19.9 Å². The van der Waals surface area contributed by atoms with Crippen LogP contribution in [0.5, 0.6) is 0 Å². The van der Waals surface area contributed by atoms with E-state index in [0.29, 0.717) is 0 Å². The molecule has 0 aliphatic carbocycles. The molecule has 0 spiro atoms. The lowest BCUT2D eigenvalue weighted by Crippen LogP contribution is -2.47. The number of hydrogen-bond donors (Lipinski definition) is 1. The Labute approximate surface area is 103 Å². The summed E-state index contributed by atoms with van der Waals surface area (Å²) in [7, 11) is 4.90. The molecule has 0 unspecified atom stereocenters. The van der Waals surface area contributed by atoms with Gasteiger partial charge in [-0.15, -0.1) is 12.4 Å². The molecule has 0 fully saturated rings. The second kappa shape index (κ2) is 7.46. The van der Waals surface area contributed by atoms with Crippen LogP contribution in [0.15, 0.2) is 0 Å². The van der Waals surface area contributed by atoms with Crippen molar-refractivity contribution in [2.24, 2.45) is 11.7 Å². The van der Waals surface area contributed by atoms with E-state index in [1.807, 2.05) is 13.8 Å². The van der Waals surface area contributed by atoms with Gasteiger partial charge in [-0.3, -0.25) is 9.59 Å². The first-order valence-electron chi connectivity index (χ1n) is 4.98. The van der Waals surface area contributed by atoms with E-state index in [9.17, 15) is 9.59 Å². The summed E-state index contributed by atoms with van der Waals surface area (Å²) in [5.74, 6) is -0.226. The molecule has 0 saturated heterocycles. The summed E-state index contributed by atoms with van der Waals surface area (Å²) in [5.41, 5.74) is 5.70. The van der Waals surface area contributed by atoms with Gasteiger partial charge in [0.05, 0.1) is 12.6 Å². The molecule has 0 radical (unpaired) electrons. The average Bonchev–Trinajstić information content (AvgIpc) is 2.14. The molecule has 0 aromatic carbocycles. The minimum Gasteiger partial charge on any atom is -0.347 e. The van der Waals surface area contributed by atoms with Crippen LogP contribution >= 0.6 is 12.4 Å². The molecule has 2 N–H and O–H groups in total. The van der Waals surface area contributed by atoms with E-state index in [0.717, 1.165) is 0 Å². The monoisotopic (exact) mass is 251 g/mol. The van der Waals surface area contributed by atoms with Crippen LogP contribution in [-0.2, 0) is 9.59 Å². The molecule has 1 atom stereocenters. The van der Waals surface area contributed by atoms with Crippen molar-refractivity contribution in [3.8, 4) is 0 Å². The van der Waals surface area contributed by atoms with Crippen LogP contribution in [0.25, 0.3) is 0 Å². The van der Waals surface area contributed by atoms with Gasteiger partial charge in [-0.25, -0.2) is 0 Å². The number of nitrogens with zero attached hydrogens (tertiary/aromatic N) is 2. The summed E-state index contributed by atoms with van der Waals surface area (Å²) >= 11 is 0. The molecule has 0 aromatic rings. The molecule has 2 amide bonds. The Morgan fingerprint density at radius 2 is 1.62 bits per heavy atom. The maximum atomic E-state index is 11.7. The third-order valence-corrected chi connectivity index (χ3v) is 2.25. The van der Waals surface area contributed by atoms with Crippen LogP contribution in [-0.4, -0.2) is 55.3 Å². The molecule has 0 aromatic heterocycles. The molecule has 0 bridgehead atoms. The molecule has 96 valence electrons. The number of halogens is 1. The fourth-order valence-electron chi connectivity index (χ4n) is 0.962. The third kappa shape index (κ3) is 5.32. The van der Waals surface area contributed by atoms with Gasteiger partial charge in [-0.1, -0.05) is 13.8 Å². The highest BCUT2D eigenvalue weighted by atomic mass is 35.5. The zero-order chi connectivity index (χ0) is 12.2. The van der Waals surface area contributed by atoms with E-state index in [1.165, 1.54) is 9.80 Å². The van der Waals surface area contributed by atoms with Crippen molar-refractivity contribution >= 4 is 24.2 Å². The van der Waals surface area contributed by atoms with Crippen LogP contribution in [0.1, 0.15) is 13.8 Å². The lowest BCUT2D eigenvalue weighted by atomic mass is 10.0. The highest BCUT2D eigenvalue weighted by Gasteiger charge is 2.22. The van der Waals surface area contributed by atoms with Crippen molar-refractivity contribution < 1.29 is 9.59 Å². The summed E-state index contributed by atoms with van der Waals surface area (Å²) in [6.07, 6.45) is 0. The van der Waals surface area contributed by atoms with Crippen LogP contribution in [0.4, 0.5) is 0 Å². The predicted molar refractivity (Wildman–Crippen MR) is 66.4 cm³/mol. The zero-order valence-electron chi connectivity index (χ0n) is 10.6. The second-order valence-corrected chi connectivity index (χ2v) is 4.25. The summed E-state index contributed by atoms with van der Waals surface area (Å²) in [5, 5.41) is 0. The van der Waals surface area contributed by atoms with Gasteiger partial charge in [0.2, 0.25) is 11.8 Å². The van der Waals surface area contributed by atoms with E-state index < -0.39 is 6.04 Å². The third-order valence-electron chi connectivity index (χ3n) is 2.25. The van der Waals surface area contributed by atoms with E-state index in [2.05, 4.69) is 0 Å². The van der Waals surface area contributed by atoms with Gasteiger partial charge >= 0.3 is 0 Å². The topological polar surface area (TPSA) is 66.6 Å². The number of nitrogens with two attached hydrogens (primary N) is 1. The SMILES string of the molecule is CC(C)[C@H](N)C(=O)N(C)CC(=O)N(C)C.Cl. The fourth-order valence-corrected chi connectivity index (χ4v) is 0.962. The van der Waals surface area contributed by atoms with E-state index in [4.69, 9.17) is 5.73 Å². The number of carbonyl (C=O) groups is 2. The number of hydrogen-bond acceptors (Lipinski definition) is 3. The Hall–Kier alpha value is -0.810. The Morgan fingerprint density at radius 1 is 1.19 bits per heavy atom. The summed E-state index contributed by atoms with van der Waals surface area (Å²) in [4.78, 5) is 25.8. The maximum absolute atomic E-state index is 11.7. The summed E-state index contributed by atoms with van der Waals surface area (Å²) < 4.78 is 0. The first-order valence-corrected chi connectivity index (χ1v) is 4.98. The number of amides is 2. The van der Waals surface area contributed by atoms with Crippen molar-refractivity contribution in [3.63, 3.8) is 0 Å². The van der Waals surface area contributed by atoms with E-state index in [1.54, 1.807) is 21.1 Å². The maximum Gasteiger partial charge on any atom is 0.241 e. The fraction of sp³-hybridized carbons (Fsp3) is 0.800. The van der Waals surface area contributed by atoms with Crippen molar-refractivity contribution in [1.29, 1.82) is 0 Å². The lowest BCUT2D eigenvalue weighted by molar-refractivity contribution is -0.139. The molecular formula is C10H22ClN3O2. The molecule has 0 aliphatic rings. The number of rotatable bonds is 4. The van der Waals surface area contributed by atoms with Crippen LogP contribution in [0.3, 0.4) is 0 Å². The predicted octanol–water partition coefficient (Wildman–Crippen LogP) is -0.0619. The van der Waals surface area contributed by atoms with Crippen molar-refractivity contribution in [3.05, 3.63) is 0 Å². The number of likely N-dealkylation sites (N-methyl/N-ethyl adjacent to an activating group) is 2. The average molecular weight is 252 g/mol. The van der Waals surface area contributed by atoms with Gasteiger partial charge in [-0.2, -0.15) is 0 Å². The lowest BCUT2D eigenvalue weighted by Gasteiger charge is -2.24. The van der Waals surface area contributed by atoms with Crippen LogP contribution in [0.2, 0.25) is 0 Å². The van der Waals surface area contributed by atoms with Crippen LogP contribution in [0, 0.1) is 5.92 Å². The first kappa shape index (κ1) is 17.6. The molecule has 6 heteroatoms. The van der Waals surface area contributed by atoms with Gasteiger partial charge in [0.25, 0.3) is 0 Å². The van der Waals surface area contributed by atoms with Crippen LogP contribution < -0.4 is 5.73 Å². The number of carbonyl (C=O) groups excluding carboxylic acids is 2. The molecule has 0 heterocycles. The minimum atomic E-state index is -0.537. The standard InChI is InChI=1S/C10H21N3O2.ClH/c1-7(2)9(11)10(15)13(5)6-8(14)12(3)4;/h7,9H,6,11H2,1-5H3;1H/t9-;/m0./s1. The highest BCUT2D eigenvalue weighted by molar-refractivity contribution is 5.87. The Balaban J connectivity index is 0. The van der Waals surface area contributed by atoms with Gasteiger partial charge in [0.15, 0.2) is 0 Å². The molecule has 0 rings (SSSR count). The minimum absolute atomic E-state index is 0. The molecule has 5 nitrogen and oxygen atoms in total.